The van der Waals surface area contributed by atoms with Gasteiger partial charge in [0.1, 0.15) is 0 Å². The summed E-state index contributed by atoms with van der Waals surface area (Å²) in [7, 11) is -3.94. The van der Waals surface area contributed by atoms with Gasteiger partial charge in [0.25, 0.3) is 10.0 Å². The Bertz CT molecular complexity index is 738. The Morgan fingerprint density at radius 1 is 1.50 bits per heavy atom. The normalized spacial score (nSPS) is 11.2. The molecular weight excluding hydrogens is 284 g/mol. The van der Waals surface area contributed by atoms with Crippen molar-refractivity contribution in [2.75, 3.05) is 4.72 Å². The summed E-state index contributed by atoms with van der Waals surface area (Å²) in [6.07, 6.45) is 5.15. The minimum atomic E-state index is -3.94. The molecule has 0 atom stereocenters. The molecular formula is C11H12N4O4S. The molecule has 106 valence electrons. The van der Waals surface area contributed by atoms with E-state index < -0.39 is 16.0 Å². The number of carboxylic acid groups (broad SMARTS) is 1. The zero-order valence-electron chi connectivity index (χ0n) is 10.5. The summed E-state index contributed by atoms with van der Waals surface area (Å²) in [4.78, 5) is 18.5. The number of aryl methyl sites for hydroxylation is 1. The molecule has 0 saturated carbocycles. The number of carbonyl (C=O) groups is 1. The SMILES string of the molecule is CCn1cnc(S(=O)(=O)Nc2cnccc2C(=O)O)c1. The summed E-state index contributed by atoms with van der Waals surface area (Å²) in [6.45, 7) is 2.42. The summed E-state index contributed by atoms with van der Waals surface area (Å²) in [5, 5.41) is 8.81. The maximum atomic E-state index is 12.1. The Kier molecular flexibility index (Phi) is 3.70. The zero-order chi connectivity index (χ0) is 14.8. The molecule has 0 aliphatic carbocycles. The maximum Gasteiger partial charge on any atom is 0.337 e. The first-order valence-electron chi connectivity index (χ1n) is 5.66. The van der Waals surface area contributed by atoms with Crippen LogP contribution in [0, 0.1) is 0 Å². The molecule has 0 amide bonds. The zero-order valence-corrected chi connectivity index (χ0v) is 11.3. The van der Waals surface area contributed by atoms with Gasteiger partial charge in [-0.15, -0.1) is 0 Å². The molecule has 0 bridgehead atoms. The van der Waals surface area contributed by atoms with Crippen molar-refractivity contribution in [3.8, 4) is 0 Å². The molecule has 2 aromatic heterocycles. The molecule has 2 N–H and O–H groups in total. The third-order valence-electron chi connectivity index (χ3n) is 2.55. The van der Waals surface area contributed by atoms with Crippen LogP contribution < -0.4 is 4.72 Å². The third kappa shape index (κ3) is 2.77. The van der Waals surface area contributed by atoms with Crippen molar-refractivity contribution in [1.29, 1.82) is 0 Å². The Hall–Kier alpha value is -2.42. The van der Waals surface area contributed by atoms with E-state index in [9.17, 15) is 13.2 Å². The maximum absolute atomic E-state index is 12.1. The second-order valence-electron chi connectivity index (χ2n) is 3.87. The highest BCUT2D eigenvalue weighted by Gasteiger charge is 2.20. The number of anilines is 1. The second-order valence-corrected chi connectivity index (χ2v) is 5.50. The summed E-state index contributed by atoms with van der Waals surface area (Å²) in [5.41, 5.74) is -0.287. The molecule has 2 heterocycles. The monoisotopic (exact) mass is 296 g/mol. The first kappa shape index (κ1) is 14.0. The van der Waals surface area contributed by atoms with Gasteiger partial charge in [0, 0.05) is 18.9 Å². The molecule has 2 aromatic rings. The van der Waals surface area contributed by atoms with Crippen molar-refractivity contribution in [3.05, 3.63) is 36.5 Å². The van der Waals surface area contributed by atoms with Gasteiger partial charge in [-0.2, -0.15) is 8.42 Å². The van der Waals surface area contributed by atoms with Crippen LogP contribution in [0.15, 0.2) is 36.0 Å². The van der Waals surface area contributed by atoms with E-state index in [0.29, 0.717) is 6.54 Å². The summed E-state index contributed by atoms with van der Waals surface area (Å²) in [6, 6.07) is 1.21. The Morgan fingerprint density at radius 2 is 2.25 bits per heavy atom. The number of sulfonamides is 1. The number of nitrogens with one attached hydrogen (secondary N) is 1. The number of rotatable bonds is 5. The van der Waals surface area contributed by atoms with Crippen molar-refractivity contribution in [1.82, 2.24) is 14.5 Å². The smallest absolute Gasteiger partial charge is 0.337 e. The van der Waals surface area contributed by atoms with Crippen molar-refractivity contribution < 1.29 is 18.3 Å². The van der Waals surface area contributed by atoms with E-state index >= 15 is 0 Å². The van der Waals surface area contributed by atoms with E-state index in [1.165, 1.54) is 24.8 Å². The van der Waals surface area contributed by atoms with Crippen LogP contribution in [0.5, 0.6) is 0 Å². The number of aromatic nitrogens is 3. The van der Waals surface area contributed by atoms with Gasteiger partial charge in [-0.3, -0.25) is 9.71 Å². The average molecular weight is 296 g/mol. The van der Waals surface area contributed by atoms with Crippen LogP contribution in [-0.4, -0.2) is 34.0 Å². The lowest BCUT2D eigenvalue weighted by Crippen LogP contribution is -2.16. The Labute approximate surface area is 115 Å². The van der Waals surface area contributed by atoms with E-state index in [0.717, 1.165) is 6.20 Å². The molecule has 0 fully saturated rings. The number of carboxylic acids is 1. The quantitative estimate of drug-likeness (QED) is 0.843. The van der Waals surface area contributed by atoms with Gasteiger partial charge in [-0.1, -0.05) is 0 Å². The highest BCUT2D eigenvalue weighted by atomic mass is 32.2. The first-order chi connectivity index (χ1) is 9.44. The highest BCUT2D eigenvalue weighted by Crippen LogP contribution is 2.18. The number of imidazole rings is 1. The minimum Gasteiger partial charge on any atom is -0.478 e. The second kappa shape index (κ2) is 5.29. The van der Waals surface area contributed by atoms with Gasteiger partial charge in [-0.25, -0.2) is 9.78 Å². The molecule has 0 unspecified atom stereocenters. The highest BCUT2D eigenvalue weighted by molar-refractivity contribution is 7.92. The molecule has 0 radical (unpaired) electrons. The molecule has 20 heavy (non-hydrogen) atoms. The number of aromatic carboxylic acids is 1. The lowest BCUT2D eigenvalue weighted by molar-refractivity contribution is 0.0698. The topological polar surface area (TPSA) is 114 Å². The first-order valence-corrected chi connectivity index (χ1v) is 7.14. The summed E-state index contributed by atoms with van der Waals surface area (Å²) < 4.78 is 28.0. The molecule has 0 saturated heterocycles. The molecule has 9 heteroatoms. The predicted molar refractivity (Wildman–Crippen MR) is 69.9 cm³/mol. The molecule has 0 spiro atoms. The van der Waals surface area contributed by atoms with Gasteiger partial charge in [0.05, 0.1) is 23.8 Å². The molecule has 0 aromatic carbocycles. The molecule has 0 aliphatic heterocycles. The van der Waals surface area contributed by atoms with E-state index in [1.54, 1.807) is 4.57 Å². The number of pyridine rings is 1. The van der Waals surface area contributed by atoms with Crippen LogP contribution >= 0.6 is 0 Å². The van der Waals surface area contributed by atoms with Crippen LogP contribution in [0.1, 0.15) is 17.3 Å². The van der Waals surface area contributed by atoms with Gasteiger partial charge in [0.2, 0.25) is 0 Å². The third-order valence-corrected chi connectivity index (χ3v) is 3.80. The van der Waals surface area contributed by atoms with Crippen LogP contribution in [-0.2, 0) is 16.6 Å². The van der Waals surface area contributed by atoms with Gasteiger partial charge >= 0.3 is 5.97 Å². The van der Waals surface area contributed by atoms with Gasteiger partial charge in [0.15, 0.2) is 5.03 Å². The fourth-order valence-corrected chi connectivity index (χ4v) is 2.53. The fraction of sp³-hybridized carbons (Fsp3) is 0.182. The number of hydrogen-bond donors (Lipinski definition) is 2. The average Bonchev–Trinajstić information content (AvgIpc) is 2.88. The largest absolute Gasteiger partial charge is 0.478 e. The fourth-order valence-electron chi connectivity index (χ4n) is 1.51. The Morgan fingerprint density at radius 3 is 2.85 bits per heavy atom. The van der Waals surface area contributed by atoms with Gasteiger partial charge < -0.3 is 9.67 Å². The Balaban J connectivity index is 2.36. The van der Waals surface area contributed by atoms with Crippen molar-refractivity contribution >= 4 is 21.7 Å². The number of nitrogens with zero attached hydrogens (tertiary/aromatic N) is 3. The van der Waals surface area contributed by atoms with Crippen molar-refractivity contribution in [3.63, 3.8) is 0 Å². The summed E-state index contributed by atoms with van der Waals surface area (Å²) >= 11 is 0. The van der Waals surface area contributed by atoms with Gasteiger partial charge in [-0.05, 0) is 13.0 Å². The van der Waals surface area contributed by atoms with Crippen LogP contribution in [0.25, 0.3) is 0 Å². The van der Waals surface area contributed by atoms with Crippen LogP contribution in [0.4, 0.5) is 5.69 Å². The lowest BCUT2D eigenvalue weighted by Gasteiger charge is -2.07. The van der Waals surface area contributed by atoms with Crippen molar-refractivity contribution in [2.24, 2.45) is 0 Å². The van der Waals surface area contributed by atoms with E-state index in [1.807, 2.05) is 6.92 Å². The molecule has 0 aliphatic rings. The molecule has 2 rings (SSSR count). The van der Waals surface area contributed by atoms with E-state index in [-0.39, 0.29) is 16.3 Å². The van der Waals surface area contributed by atoms with E-state index in [2.05, 4.69) is 14.7 Å². The van der Waals surface area contributed by atoms with Crippen molar-refractivity contribution in [2.45, 2.75) is 18.5 Å². The predicted octanol–water partition coefficient (Wildman–Crippen LogP) is 0.797. The summed E-state index contributed by atoms with van der Waals surface area (Å²) in [5.74, 6) is -1.25. The number of hydrogen-bond acceptors (Lipinski definition) is 5. The van der Waals surface area contributed by atoms with Crippen LogP contribution in [0.2, 0.25) is 0 Å². The lowest BCUT2D eigenvalue weighted by atomic mass is 10.2. The molecule has 8 nitrogen and oxygen atoms in total. The standard InChI is InChI=1S/C11H12N4O4S/c1-2-15-6-10(13-7-15)20(18,19)14-9-5-12-4-3-8(9)11(16)17/h3-7,14H,2H2,1H3,(H,16,17). The van der Waals surface area contributed by atoms with Crippen LogP contribution in [0.3, 0.4) is 0 Å². The minimum absolute atomic E-state index is 0.106. The van der Waals surface area contributed by atoms with E-state index in [4.69, 9.17) is 5.11 Å².